The summed E-state index contributed by atoms with van der Waals surface area (Å²) in [5.41, 5.74) is 0. The molecule has 1 rings (SSSR count). The molecule has 0 heterocycles. The Bertz CT molecular complexity index is 397. The standard InChI is InChI=1S/C15H20O4/c1-3-5-6-7-15(19-14(17)4-2)18-13-10-8-12(16)9-11-13/h4,8-11,15-16H,2-3,5-7H2,1H3. The van der Waals surface area contributed by atoms with Crippen molar-refractivity contribution in [1.29, 1.82) is 0 Å². The summed E-state index contributed by atoms with van der Waals surface area (Å²) < 4.78 is 10.7. The highest BCUT2D eigenvalue weighted by atomic mass is 16.7. The molecule has 1 aromatic carbocycles. The Balaban J connectivity index is 2.58. The molecule has 1 N–H and O–H groups in total. The van der Waals surface area contributed by atoms with E-state index in [9.17, 15) is 9.90 Å². The second kappa shape index (κ2) is 8.19. The summed E-state index contributed by atoms with van der Waals surface area (Å²) in [6.45, 7) is 5.47. The lowest BCUT2D eigenvalue weighted by Gasteiger charge is -2.18. The number of carbonyl (C=O) groups excluding carboxylic acids is 1. The van der Waals surface area contributed by atoms with Crippen molar-refractivity contribution in [1.82, 2.24) is 0 Å². The van der Waals surface area contributed by atoms with E-state index in [4.69, 9.17) is 9.47 Å². The van der Waals surface area contributed by atoms with Crippen LogP contribution in [-0.4, -0.2) is 17.4 Å². The van der Waals surface area contributed by atoms with Gasteiger partial charge in [0.05, 0.1) is 0 Å². The van der Waals surface area contributed by atoms with Crippen LogP contribution in [0.1, 0.15) is 32.6 Å². The number of rotatable bonds is 8. The molecule has 0 saturated heterocycles. The van der Waals surface area contributed by atoms with Crippen molar-refractivity contribution in [3.63, 3.8) is 0 Å². The van der Waals surface area contributed by atoms with Crippen LogP contribution in [0.2, 0.25) is 0 Å². The molecule has 19 heavy (non-hydrogen) atoms. The highest BCUT2D eigenvalue weighted by Crippen LogP contribution is 2.19. The first kappa shape index (κ1) is 15.1. The highest BCUT2D eigenvalue weighted by molar-refractivity contribution is 5.81. The maximum absolute atomic E-state index is 11.2. The molecular weight excluding hydrogens is 244 g/mol. The van der Waals surface area contributed by atoms with Crippen LogP contribution in [0.25, 0.3) is 0 Å². The van der Waals surface area contributed by atoms with Gasteiger partial charge in [-0.1, -0.05) is 26.3 Å². The first-order chi connectivity index (χ1) is 9.15. The molecule has 1 unspecified atom stereocenters. The van der Waals surface area contributed by atoms with Gasteiger partial charge in [-0.3, -0.25) is 0 Å². The van der Waals surface area contributed by atoms with E-state index in [1.54, 1.807) is 12.1 Å². The number of hydrogen-bond donors (Lipinski definition) is 1. The minimum atomic E-state index is -0.624. The van der Waals surface area contributed by atoms with E-state index in [0.717, 1.165) is 25.3 Å². The van der Waals surface area contributed by atoms with Gasteiger partial charge in [-0.05, 0) is 30.7 Å². The van der Waals surface area contributed by atoms with E-state index in [-0.39, 0.29) is 5.75 Å². The molecule has 0 fully saturated rings. The smallest absolute Gasteiger partial charge is 0.333 e. The Labute approximate surface area is 113 Å². The molecule has 0 aliphatic rings. The van der Waals surface area contributed by atoms with Gasteiger partial charge in [-0.25, -0.2) is 4.79 Å². The normalized spacial score (nSPS) is 11.6. The van der Waals surface area contributed by atoms with Gasteiger partial charge in [-0.2, -0.15) is 0 Å². The maximum atomic E-state index is 11.2. The molecule has 1 aromatic rings. The van der Waals surface area contributed by atoms with Gasteiger partial charge in [0.2, 0.25) is 6.29 Å². The van der Waals surface area contributed by atoms with E-state index in [1.165, 1.54) is 12.1 Å². The van der Waals surface area contributed by atoms with Gasteiger partial charge in [0.1, 0.15) is 11.5 Å². The van der Waals surface area contributed by atoms with Crippen LogP contribution >= 0.6 is 0 Å². The third-order valence-electron chi connectivity index (χ3n) is 2.56. The van der Waals surface area contributed by atoms with Crippen molar-refractivity contribution in [3.8, 4) is 11.5 Å². The lowest BCUT2D eigenvalue weighted by atomic mass is 10.2. The molecule has 1 atom stereocenters. The number of ether oxygens (including phenoxy) is 2. The number of benzene rings is 1. The average molecular weight is 264 g/mol. The van der Waals surface area contributed by atoms with Crippen molar-refractivity contribution in [2.24, 2.45) is 0 Å². The lowest BCUT2D eigenvalue weighted by molar-refractivity contribution is -0.158. The topological polar surface area (TPSA) is 55.8 Å². The molecule has 0 bridgehead atoms. The summed E-state index contributed by atoms with van der Waals surface area (Å²) >= 11 is 0. The van der Waals surface area contributed by atoms with E-state index >= 15 is 0 Å². The molecule has 0 radical (unpaired) electrons. The molecule has 0 amide bonds. The SMILES string of the molecule is C=CC(=O)OC(CCCCC)Oc1ccc(O)cc1. The highest BCUT2D eigenvalue weighted by Gasteiger charge is 2.14. The van der Waals surface area contributed by atoms with Gasteiger partial charge in [0.25, 0.3) is 0 Å². The Morgan fingerprint density at radius 1 is 1.37 bits per heavy atom. The first-order valence-corrected chi connectivity index (χ1v) is 6.44. The molecule has 0 aromatic heterocycles. The van der Waals surface area contributed by atoms with Crippen molar-refractivity contribution < 1.29 is 19.4 Å². The third kappa shape index (κ3) is 5.95. The fraction of sp³-hybridized carbons (Fsp3) is 0.400. The number of carbonyl (C=O) groups is 1. The average Bonchev–Trinajstić information content (AvgIpc) is 2.41. The number of phenols is 1. The minimum Gasteiger partial charge on any atom is -0.508 e. The summed E-state index contributed by atoms with van der Waals surface area (Å²) in [5, 5.41) is 9.19. The third-order valence-corrected chi connectivity index (χ3v) is 2.56. The molecule has 0 saturated carbocycles. The quantitative estimate of drug-likeness (QED) is 0.338. The van der Waals surface area contributed by atoms with Crippen molar-refractivity contribution in [2.75, 3.05) is 0 Å². The van der Waals surface area contributed by atoms with Gasteiger partial charge >= 0.3 is 5.97 Å². The lowest BCUT2D eigenvalue weighted by Crippen LogP contribution is -2.23. The summed E-state index contributed by atoms with van der Waals surface area (Å²) in [4.78, 5) is 11.2. The molecule has 0 aliphatic carbocycles. The second-order valence-electron chi connectivity index (χ2n) is 4.18. The monoisotopic (exact) mass is 264 g/mol. The largest absolute Gasteiger partial charge is 0.508 e. The predicted octanol–water partition coefficient (Wildman–Crippen LogP) is 3.41. The van der Waals surface area contributed by atoms with Crippen LogP contribution in [0.3, 0.4) is 0 Å². The van der Waals surface area contributed by atoms with E-state index in [2.05, 4.69) is 13.5 Å². The van der Waals surface area contributed by atoms with Crippen LogP contribution in [-0.2, 0) is 9.53 Å². The van der Waals surface area contributed by atoms with E-state index in [1.807, 2.05) is 0 Å². The predicted molar refractivity (Wildman–Crippen MR) is 73.0 cm³/mol. The minimum absolute atomic E-state index is 0.165. The van der Waals surface area contributed by atoms with Gasteiger partial charge in [0.15, 0.2) is 0 Å². The van der Waals surface area contributed by atoms with Gasteiger partial charge < -0.3 is 14.6 Å². The van der Waals surface area contributed by atoms with Crippen LogP contribution in [0.4, 0.5) is 0 Å². The summed E-state index contributed by atoms with van der Waals surface area (Å²) in [5.74, 6) is 0.217. The summed E-state index contributed by atoms with van der Waals surface area (Å²) in [7, 11) is 0. The number of hydrogen-bond acceptors (Lipinski definition) is 4. The van der Waals surface area contributed by atoms with Gasteiger partial charge in [-0.15, -0.1) is 0 Å². The molecule has 4 nitrogen and oxygen atoms in total. The molecule has 4 heteroatoms. The Morgan fingerprint density at radius 2 is 2.05 bits per heavy atom. The second-order valence-corrected chi connectivity index (χ2v) is 4.18. The van der Waals surface area contributed by atoms with Crippen LogP contribution < -0.4 is 4.74 Å². The number of esters is 1. The van der Waals surface area contributed by atoms with Crippen molar-refractivity contribution in [2.45, 2.75) is 38.9 Å². The first-order valence-electron chi connectivity index (χ1n) is 6.44. The van der Waals surface area contributed by atoms with Crippen molar-refractivity contribution in [3.05, 3.63) is 36.9 Å². The maximum Gasteiger partial charge on any atom is 0.333 e. The Kier molecular flexibility index (Phi) is 6.50. The summed E-state index contributed by atoms with van der Waals surface area (Å²) in [6.07, 6.45) is 4.19. The zero-order valence-electron chi connectivity index (χ0n) is 11.2. The summed E-state index contributed by atoms with van der Waals surface area (Å²) in [6, 6.07) is 6.30. The van der Waals surface area contributed by atoms with Crippen molar-refractivity contribution >= 4 is 5.97 Å². The van der Waals surface area contributed by atoms with Crippen LogP contribution in [0.5, 0.6) is 11.5 Å². The van der Waals surface area contributed by atoms with Crippen LogP contribution in [0, 0.1) is 0 Å². The Hall–Kier alpha value is -1.97. The van der Waals surface area contributed by atoms with Crippen LogP contribution in [0.15, 0.2) is 36.9 Å². The Morgan fingerprint density at radius 3 is 2.63 bits per heavy atom. The number of aromatic hydroxyl groups is 1. The zero-order chi connectivity index (χ0) is 14.1. The number of unbranched alkanes of at least 4 members (excludes halogenated alkanes) is 2. The molecule has 0 aliphatic heterocycles. The van der Waals surface area contributed by atoms with E-state index < -0.39 is 12.3 Å². The van der Waals surface area contributed by atoms with Gasteiger partial charge in [0, 0.05) is 12.5 Å². The fourth-order valence-corrected chi connectivity index (χ4v) is 1.56. The fourth-order valence-electron chi connectivity index (χ4n) is 1.56. The molecular formula is C15H20O4. The number of phenolic OH excluding ortho intramolecular Hbond substituents is 1. The zero-order valence-corrected chi connectivity index (χ0v) is 11.2. The molecule has 0 spiro atoms. The molecule has 104 valence electrons. The van der Waals surface area contributed by atoms with E-state index in [0.29, 0.717) is 12.2 Å².